The van der Waals surface area contributed by atoms with Gasteiger partial charge < -0.3 is 20.1 Å². The molecule has 0 aromatic heterocycles. The van der Waals surface area contributed by atoms with E-state index < -0.39 is 24.6 Å². The third-order valence-electron chi connectivity index (χ3n) is 1.67. The molecule has 1 heterocycles. The standard InChI is InChI=1S/C6H12O4S/c1-11-2-3-4(7)5(8)6(9)10-3/h3-9H,2H2,1H3/t3-,4+,5-,6?/m1/s1. The fourth-order valence-electron chi connectivity index (χ4n) is 1.03. The molecular formula is C6H12O4S. The van der Waals surface area contributed by atoms with Gasteiger partial charge in [-0.1, -0.05) is 0 Å². The molecule has 11 heavy (non-hydrogen) atoms. The SMILES string of the molecule is CSC[C@H]1OC(O)[C@H](O)[C@H]1O. The summed E-state index contributed by atoms with van der Waals surface area (Å²) in [5, 5.41) is 27.2. The van der Waals surface area contributed by atoms with E-state index >= 15 is 0 Å². The fourth-order valence-corrected chi connectivity index (χ4v) is 1.64. The summed E-state index contributed by atoms with van der Waals surface area (Å²) in [7, 11) is 0. The van der Waals surface area contributed by atoms with E-state index in [1.165, 1.54) is 11.8 Å². The van der Waals surface area contributed by atoms with Crippen molar-refractivity contribution in [2.45, 2.75) is 24.6 Å². The van der Waals surface area contributed by atoms with Gasteiger partial charge >= 0.3 is 0 Å². The lowest BCUT2D eigenvalue weighted by Gasteiger charge is -2.11. The summed E-state index contributed by atoms with van der Waals surface area (Å²) in [5.41, 5.74) is 0. The van der Waals surface area contributed by atoms with Gasteiger partial charge in [-0.3, -0.25) is 0 Å². The molecule has 4 atom stereocenters. The van der Waals surface area contributed by atoms with Crippen LogP contribution in [0.5, 0.6) is 0 Å². The minimum absolute atomic E-state index is 0.449. The summed E-state index contributed by atoms with van der Waals surface area (Å²) in [6.45, 7) is 0. The minimum atomic E-state index is -1.23. The van der Waals surface area contributed by atoms with Crippen molar-refractivity contribution in [1.82, 2.24) is 0 Å². The Morgan fingerprint density at radius 1 is 1.27 bits per heavy atom. The number of aliphatic hydroxyl groups is 3. The first kappa shape index (κ1) is 9.28. The molecule has 0 aromatic rings. The quantitative estimate of drug-likeness (QED) is 0.497. The van der Waals surface area contributed by atoms with Crippen LogP contribution < -0.4 is 0 Å². The van der Waals surface area contributed by atoms with E-state index in [0.717, 1.165) is 0 Å². The number of rotatable bonds is 2. The summed E-state index contributed by atoms with van der Waals surface area (Å²) < 4.78 is 4.86. The summed E-state index contributed by atoms with van der Waals surface area (Å²) in [6, 6.07) is 0. The molecule has 0 amide bonds. The molecule has 1 aliphatic rings. The van der Waals surface area contributed by atoms with E-state index in [0.29, 0.717) is 5.75 Å². The maximum atomic E-state index is 9.21. The molecule has 0 spiro atoms. The van der Waals surface area contributed by atoms with Crippen LogP contribution in [0.1, 0.15) is 0 Å². The van der Waals surface area contributed by atoms with Gasteiger partial charge in [0.2, 0.25) is 0 Å². The molecule has 4 nitrogen and oxygen atoms in total. The highest BCUT2D eigenvalue weighted by molar-refractivity contribution is 7.98. The van der Waals surface area contributed by atoms with Crippen molar-refractivity contribution in [2.24, 2.45) is 0 Å². The van der Waals surface area contributed by atoms with Gasteiger partial charge in [0.1, 0.15) is 12.2 Å². The Hall–Kier alpha value is 0.190. The Balaban J connectivity index is 2.45. The average molecular weight is 180 g/mol. The number of hydrogen-bond donors (Lipinski definition) is 3. The minimum Gasteiger partial charge on any atom is -0.387 e. The van der Waals surface area contributed by atoms with Crippen LogP contribution in [0.4, 0.5) is 0 Å². The molecule has 0 aromatic carbocycles. The van der Waals surface area contributed by atoms with Crippen LogP contribution in [0.15, 0.2) is 0 Å². The van der Waals surface area contributed by atoms with Crippen LogP contribution in [0.25, 0.3) is 0 Å². The van der Waals surface area contributed by atoms with E-state index in [1.807, 2.05) is 6.26 Å². The van der Waals surface area contributed by atoms with Gasteiger partial charge in [0, 0.05) is 5.75 Å². The van der Waals surface area contributed by atoms with Crippen LogP contribution in [0.3, 0.4) is 0 Å². The van der Waals surface area contributed by atoms with Crippen LogP contribution in [0, 0.1) is 0 Å². The largest absolute Gasteiger partial charge is 0.387 e. The van der Waals surface area contributed by atoms with Gasteiger partial charge in [-0.05, 0) is 6.26 Å². The first-order chi connectivity index (χ1) is 5.16. The average Bonchev–Trinajstić information content (AvgIpc) is 2.19. The van der Waals surface area contributed by atoms with Crippen LogP contribution in [-0.4, -0.2) is 51.9 Å². The number of hydrogen-bond acceptors (Lipinski definition) is 5. The van der Waals surface area contributed by atoms with Crippen LogP contribution in [-0.2, 0) is 4.74 Å². The van der Waals surface area contributed by atoms with Crippen LogP contribution >= 0.6 is 11.8 Å². The lowest BCUT2D eigenvalue weighted by Crippen LogP contribution is -2.33. The third kappa shape index (κ3) is 1.86. The molecule has 0 radical (unpaired) electrons. The first-order valence-electron chi connectivity index (χ1n) is 3.35. The smallest absolute Gasteiger partial charge is 0.183 e. The Bertz CT molecular complexity index is 132. The zero-order valence-corrected chi connectivity index (χ0v) is 6.99. The normalized spacial score (nSPS) is 44.7. The molecule has 3 N–H and O–H groups in total. The number of aliphatic hydroxyl groups excluding tert-OH is 3. The van der Waals surface area contributed by atoms with Crippen molar-refractivity contribution >= 4 is 11.8 Å². The van der Waals surface area contributed by atoms with Crippen molar-refractivity contribution in [1.29, 1.82) is 0 Å². The predicted molar refractivity (Wildman–Crippen MR) is 41.3 cm³/mol. The summed E-state index contributed by atoms with van der Waals surface area (Å²) >= 11 is 1.50. The molecule has 0 saturated carbocycles. The lowest BCUT2D eigenvalue weighted by atomic mass is 10.2. The second kappa shape index (κ2) is 3.73. The highest BCUT2D eigenvalue weighted by Gasteiger charge is 2.41. The Kier molecular flexibility index (Phi) is 3.15. The first-order valence-corrected chi connectivity index (χ1v) is 4.75. The van der Waals surface area contributed by atoms with E-state index in [4.69, 9.17) is 14.9 Å². The third-order valence-corrected chi connectivity index (χ3v) is 2.33. The molecule has 1 aliphatic heterocycles. The monoisotopic (exact) mass is 180 g/mol. The van der Waals surface area contributed by atoms with Crippen molar-refractivity contribution in [3.05, 3.63) is 0 Å². The summed E-state index contributed by atoms with van der Waals surface area (Å²) in [4.78, 5) is 0. The highest BCUT2D eigenvalue weighted by Crippen LogP contribution is 2.21. The van der Waals surface area contributed by atoms with Crippen molar-refractivity contribution < 1.29 is 20.1 Å². The topological polar surface area (TPSA) is 69.9 Å². The molecule has 1 fully saturated rings. The maximum Gasteiger partial charge on any atom is 0.183 e. The summed E-state index contributed by atoms with van der Waals surface area (Å²) in [6.07, 6.45) is -1.94. The van der Waals surface area contributed by atoms with Gasteiger partial charge in [-0.25, -0.2) is 0 Å². The predicted octanol–water partition coefficient (Wildman–Crippen LogP) is -1.21. The van der Waals surface area contributed by atoms with Crippen molar-refractivity contribution in [3.63, 3.8) is 0 Å². The fraction of sp³-hybridized carbons (Fsp3) is 1.00. The van der Waals surface area contributed by atoms with Crippen LogP contribution in [0.2, 0.25) is 0 Å². The highest BCUT2D eigenvalue weighted by atomic mass is 32.2. The van der Waals surface area contributed by atoms with Gasteiger partial charge in [-0.2, -0.15) is 11.8 Å². The molecule has 66 valence electrons. The molecule has 1 saturated heterocycles. The zero-order chi connectivity index (χ0) is 8.43. The molecule has 0 aliphatic carbocycles. The Morgan fingerprint density at radius 3 is 2.27 bits per heavy atom. The summed E-state index contributed by atoms with van der Waals surface area (Å²) in [5.74, 6) is 0.579. The van der Waals surface area contributed by atoms with E-state index in [-0.39, 0.29) is 0 Å². The maximum absolute atomic E-state index is 9.21. The van der Waals surface area contributed by atoms with Gasteiger partial charge in [-0.15, -0.1) is 0 Å². The van der Waals surface area contributed by atoms with Gasteiger partial charge in [0.25, 0.3) is 0 Å². The van der Waals surface area contributed by atoms with E-state index in [9.17, 15) is 5.11 Å². The van der Waals surface area contributed by atoms with Crippen molar-refractivity contribution in [2.75, 3.05) is 12.0 Å². The molecule has 1 unspecified atom stereocenters. The van der Waals surface area contributed by atoms with Gasteiger partial charge in [0.15, 0.2) is 6.29 Å². The van der Waals surface area contributed by atoms with E-state index in [2.05, 4.69) is 0 Å². The zero-order valence-electron chi connectivity index (χ0n) is 6.17. The second-order valence-electron chi connectivity index (χ2n) is 2.50. The number of thioether (sulfide) groups is 1. The molecular weight excluding hydrogens is 168 g/mol. The molecule has 0 bridgehead atoms. The molecule has 1 rings (SSSR count). The van der Waals surface area contributed by atoms with Gasteiger partial charge in [0.05, 0.1) is 6.10 Å². The van der Waals surface area contributed by atoms with Crippen molar-refractivity contribution in [3.8, 4) is 0 Å². The Morgan fingerprint density at radius 2 is 1.91 bits per heavy atom. The molecule has 5 heteroatoms. The lowest BCUT2D eigenvalue weighted by molar-refractivity contribution is -0.123. The second-order valence-corrected chi connectivity index (χ2v) is 3.41. The Labute approximate surface area is 69.2 Å². The van der Waals surface area contributed by atoms with E-state index in [1.54, 1.807) is 0 Å². The number of ether oxygens (including phenoxy) is 1.